The highest BCUT2D eigenvalue weighted by atomic mass is 16.5. The van der Waals surface area contributed by atoms with Crippen LogP contribution in [0.2, 0.25) is 0 Å². The summed E-state index contributed by atoms with van der Waals surface area (Å²) in [6.45, 7) is 1.39. The molecule has 1 fully saturated rings. The fourth-order valence-electron chi connectivity index (χ4n) is 1.64. The number of rotatable bonds is 3. The number of carbonyl (C=O) groups is 1. The first-order chi connectivity index (χ1) is 7.31. The van der Waals surface area contributed by atoms with Gasteiger partial charge in [-0.3, -0.25) is 4.79 Å². The summed E-state index contributed by atoms with van der Waals surface area (Å²) in [5.41, 5.74) is 0. The predicted molar refractivity (Wildman–Crippen MR) is 50.9 cm³/mol. The van der Waals surface area contributed by atoms with E-state index >= 15 is 0 Å². The average Bonchev–Trinajstić information content (AvgIpc) is 2.87. The van der Waals surface area contributed by atoms with Crippen molar-refractivity contribution < 1.29 is 9.53 Å². The van der Waals surface area contributed by atoms with Crippen molar-refractivity contribution in [2.45, 2.75) is 13.0 Å². The number of aromatic nitrogens is 2. The second-order valence-corrected chi connectivity index (χ2v) is 3.52. The van der Waals surface area contributed by atoms with E-state index < -0.39 is 0 Å². The first-order valence-corrected chi connectivity index (χ1v) is 4.83. The number of ketones is 1. The van der Waals surface area contributed by atoms with Gasteiger partial charge in [-0.15, -0.1) is 0 Å². The second-order valence-electron chi connectivity index (χ2n) is 3.52. The number of imidazole rings is 1. The minimum atomic E-state index is -0.0149. The van der Waals surface area contributed by atoms with Crippen molar-refractivity contribution in [1.82, 2.24) is 9.55 Å². The number of nitrogens with zero attached hydrogens (tertiary/aromatic N) is 3. The zero-order chi connectivity index (χ0) is 10.7. The van der Waals surface area contributed by atoms with Crippen molar-refractivity contribution in [3.63, 3.8) is 0 Å². The molecule has 0 N–H and O–H groups in total. The summed E-state index contributed by atoms with van der Waals surface area (Å²) in [6, 6.07) is 1.94. The Balaban J connectivity index is 2.02. The molecule has 1 unspecified atom stereocenters. The Morgan fingerprint density at radius 2 is 2.67 bits per heavy atom. The molecule has 2 heterocycles. The van der Waals surface area contributed by atoms with Crippen LogP contribution in [0.3, 0.4) is 0 Å². The van der Waals surface area contributed by atoms with Gasteiger partial charge in [0.2, 0.25) is 5.82 Å². The Morgan fingerprint density at radius 3 is 3.33 bits per heavy atom. The quantitative estimate of drug-likeness (QED) is 0.714. The molecule has 0 radical (unpaired) electrons. The van der Waals surface area contributed by atoms with E-state index in [0.717, 1.165) is 6.42 Å². The monoisotopic (exact) mass is 205 g/mol. The van der Waals surface area contributed by atoms with Crippen LogP contribution >= 0.6 is 0 Å². The van der Waals surface area contributed by atoms with Crippen molar-refractivity contribution in [3.8, 4) is 6.07 Å². The average molecular weight is 205 g/mol. The van der Waals surface area contributed by atoms with E-state index in [1.165, 1.54) is 6.20 Å². The van der Waals surface area contributed by atoms with E-state index in [9.17, 15) is 4.79 Å². The number of nitriles is 1. The van der Waals surface area contributed by atoms with Crippen LogP contribution in [0.1, 0.15) is 12.2 Å². The lowest BCUT2D eigenvalue weighted by molar-refractivity contribution is -0.123. The zero-order valence-corrected chi connectivity index (χ0v) is 8.22. The highest BCUT2D eigenvalue weighted by Gasteiger charge is 2.23. The normalized spacial score (nSPS) is 20.1. The minimum absolute atomic E-state index is 0.0149. The predicted octanol–water partition coefficient (Wildman–Crippen LogP) is 0.360. The van der Waals surface area contributed by atoms with Gasteiger partial charge in [-0.1, -0.05) is 0 Å². The van der Waals surface area contributed by atoms with Crippen LogP contribution in [-0.2, 0) is 16.1 Å². The number of ether oxygens (including phenoxy) is 1. The van der Waals surface area contributed by atoms with Crippen LogP contribution < -0.4 is 0 Å². The first-order valence-electron chi connectivity index (χ1n) is 4.83. The van der Waals surface area contributed by atoms with Crippen molar-refractivity contribution in [1.29, 1.82) is 5.26 Å². The molecule has 0 saturated carbocycles. The number of hydrogen-bond acceptors (Lipinski definition) is 4. The third kappa shape index (κ3) is 2.05. The van der Waals surface area contributed by atoms with Crippen LogP contribution in [0.25, 0.3) is 0 Å². The lowest BCUT2D eigenvalue weighted by atomic mass is 10.0. The van der Waals surface area contributed by atoms with Crippen LogP contribution in [0.4, 0.5) is 0 Å². The van der Waals surface area contributed by atoms with E-state index in [0.29, 0.717) is 13.2 Å². The maximum Gasteiger partial charge on any atom is 0.213 e. The van der Waals surface area contributed by atoms with Gasteiger partial charge < -0.3 is 9.30 Å². The molecule has 0 amide bonds. The van der Waals surface area contributed by atoms with Gasteiger partial charge in [0, 0.05) is 24.9 Å². The van der Waals surface area contributed by atoms with Gasteiger partial charge in [-0.05, 0) is 6.42 Å². The Hall–Kier alpha value is -1.67. The standard InChI is InChI=1S/C10H11N3O2/c11-5-10-12-2-3-13(10)6-9(14)8-1-4-15-7-8/h2-3,8H,1,4,6-7H2. The summed E-state index contributed by atoms with van der Waals surface area (Å²) in [6.07, 6.45) is 3.96. The lowest BCUT2D eigenvalue weighted by Crippen LogP contribution is -2.20. The molecule has 0 spiro atoms. The van der Waals surface area contributed by atoms with E-state index in [2.05, 4.69) is 4.98 Å². The Bertz CT molecular complexity index is 399. The highest BCUT2D eigenvalue weighted by Crippen LogP contribution is 2.14. The Morgan fingerprint density at radius 1 is 1.80 bits per heavy atom. The molecule has 1 saturated heterocycles. The smallest absolute Gasteiger partial charge is 0.213 e. The fraction of sp³-hybridized carbons (Fsp3) is 0.500. The van der Waals surface area contributed by atoms with Crippen LogP contribution in [-0.4, -0.2) is 28.5 Å². The summed E-state index contributed by atoms with van der Waals surface area (Å²) in [5, 5.41) is 8.72. The van der Waals surface area contributed by atoms with Gasteiger partial charge >= 0.3 is 0 Å². The molecule has 5 nitrogen and oxygen atoms in total. The summed E-state index contributed by atoms with van der Waals surface area (Å²) in [7, 11) is 0. The van der Waals surface area contributed by atoms with E-state index in [-0.39, 0.29) is 24.1 Å². The lowest BCUT2D eigenvalue weighted by Gasteiger charge is -2.07. The zero-order valence-electron chi connectivity index (χ0n) is 8.22. The van der Waals surface area contributed by atoms with E-state index in [1.54, 1.807) is 10.8 Å². The summed E-state index contributed by atoms with van der Waals surface area (Å²) >= 11 is 0. The largest absolute Gasteiger partial charge is 0.381 e. The molecule has 5 heteroatoms. The number of hydrogen-bond donors (Lipinski definition) is 0. The Labute approximate surface area is 87.3 Å². The third-order valence-corrected chi connectivity index (χ3v) is 2.53. The molecule has 2 rings (SSSR count). The molecule has 1 aliphatic rings. The van der Waals surface area contributed by atoms with Gasteiger partial charge in [-0.2, -0.15) is 5.26 Å². The molecule has 0 aliphatic carbocycles. The fourth-order valence-corrected chi connectivity index (χ4v) is 1.64. The molecule has 0 bridgehead atoms. The summed E-state index contributed by atoms with van der Waals surface area (Å²) < 4.78 is 6.71. The molecule has 1 atom stereocenters. The van der Waals surface area contributed by atoms with Gasteiger partial charge in [0.05, 0.1) is 13.2 Å². The molecular weight excluding hydrogens is 194 g/mol. The van der Waals surface area contributed by atoms with Gasteiger partial charge in [0.25, 0.3) is 0 Å². The minimum Gasteiger partial charge on any atom is -0.381 e. The van der Waals surface area contributed by atoms with Gasteiger partial charge in [0.15, 0.2) is 5.78 Å². The Kier molecular flexibility index (Phi) is 2.79. The van der Waals surface area contributed by atoms with Crippen molar-refractivity contribution in [2.75, 3.05) is 13.2 Å². The second kappa shape index (κ2) is 4.24. The third-order valence-electron chi connectivity index (χ3n) is 2.53. The molecule has 78 valence electrons. The molecule has 15 heavy (non-hydrogen) atoms. The maximum atomic E-state index is 11.7. The SMILES string of the molecule is N#Cc1nccn1CC(=O)C1CCOC1. The van der Waals surface area contributed by atoms with Crippen molar-refractivity contribution in [2.24, 2.45) is 5.92 Å². The van der Waals surface area contributed by atoms with Crippen molar-refractivity contribution >= 4 is 5.78 Å². The van der Waals surface area contributed by atoms with E-state index in [4.69, 9.17) is 10.00 Å². The maximum absolute atomic E-state index is 11.7. The molecule has 1 aromatic heterocycles. The topological polar surface area (TPSA) is 67.9 Å². The number of Topliss-reactive ketones (excluding diaryl/α,β-unsaturated/α-hetero) is 1. The summed E-state index contributed by atoms with van der Waals surface area (Å²) in [4.78, 5) is 15.6. The van der Waals surface area contributed by atoms with Crippen LogP contribution in [0.5, 0.6) is 0 Å². The number of carbonyl (C=O) groups excluding carboxylic acids is 1. The van der Waals surface area contributed by atoms with Crippen LogP contribution in [0.15, 0.2) is 12.4 Å². The van der Waals surface area contributed by atoms with E-state index in [1.807, 2.05) is 6.07 Å². The van der Waals surface area contributed by atoms with Gasteiger partial charge in [0.1, 0.15) is 6.07 Å². The molecule has 1 aromatic rings. The molecule has 0 aromatic carbocycles. The molecular formula is C10H11N3O2. The van der Waals surface area contributed by atoms with Crippen LogP contribution in [0, 0.1) is 17.2 Å². The van der Waals surface area contributed by atoms with Gasteiger partial charge in [-0.25, -0.2) is 4.98 Å². The highest BCUT2D eigenvalue weighted by molar-refractivity contribution is 5.81. The van der Waals surface area contributed by atoms with Crippen molar-refractivity contribution in [3.05, 3.63) is 18.2 Å². The molecule has 1 aliphatic heterocycles. The summed E-state index contributed by atoms with van der Waals surface area (Å²) in [5.74, 6) is 0.378. The first kappa shape index (κ1) is 9.87.